The highest BCUT2D eigenvalue weighted by molar-refractivity contribution is 5.78. The van der Waals surface area contributed by atoms with Gasteiger partial charge in [0.1, 0.15) is 0 Å². The lowest BCUT2D eigenvalue weighted by Gasteiger charge is -2.35. The summed E-state index contributed by atoms with van der Waals surface area (Å²) in [6.07, 6.45) is -3.90. The number of aliphatic imine (C=N–C) groups is 1. The van der Waals surface area contributed by atoms with Gasteiger partial charge in [-0.3, -0.25) is 4.99 Å². The van der Waals surface area contributed by atoms with Gasteiger partial charge in [-0.2, -0.15) is 13.2 Å². The molecular weight excluding hydrogens is 301 g/mol. The maximum atomic E-state index is 12.2. The first kappa shape index (κ1) is 16.3. The Morgan fingerprint density at radius 1 is 1.27 bits per heavy atom. The second-order valence-electron chi connectivity index (χ2n) is 4.78. The van der Waals surface area contributed by atoms with Gasteiger partial charge >= 0.3 is 6.18 Å². The van der Waals surface area contributed by atoms with Gasteiger partial charge in [-0.25, -0.2) is 9.97 Å². The Morgan fingerprint density at radius 3 is 2.41 bits per heavy atom. The lowest BCUT2D eigenvalue weighted by Crippen LogP contribution is -2.51. The Labute approximate surface area is 125 Å². The van der Waals surface area contributed by atoms with Crippen molar-refractivity contribution in [2.45, 2.75) is 12.3 Å². The number of aliphatic hydroxyl groups excluding tert-OH is 1. The van der Waals surface area contributed by atoms with E-state index in [1.54, 1.807) is 23.4 Å². The highest BCUT2D eigenvalue weighted by atomic mass is 19.4. The van der Waals surface area contributed by atoms with Gasteiger partial charge in [0.05, 0.1) is 6.54 Å². The Morgan fingerprint density at radius 2 is 1.86 bits per heavy atom. The van der Waals surface area contributed by atoms with E-state index in [9.17, 15) is 13.2 Å². The molecule has 2 heterocycles. The van der Waals surface area contributed by atoms with Gasteiger partial charge in [-0.1, -0.05) is 0 Å². The van der Waals surface area contributed by atoms with Crippen molar-refractivity contribution in [2.24, 2.45) is 10.7 Å². The van der Waals surface area contributed by atoms with Crippen LogP contribution in [0.4, 0.5) is 19.1 Å². The van der Waals surface area contributed by atoms with Crippen LogP contribution < -0.4 is 10.6 Å². The molecular formula is C12H17F3N6O. The molecule has 1 fully saturated rings. The molecule has 1 unspecified atom stereocenters. The van der Waals surface area contributed by atoms with Gasteiger partial charge < -0.3 is 20.6 Å². The van der Waals surface area contributed by atoms with Gasteiger partial charge in [0.2, 0.25) is 5.95 Å². The van der Waals surface area contributed by atoms with E-state index in [4.69, 9.17) is 10.8 Å². The smallest absolute Gasteiger partial charge is 0.382 e. The number of nitrogens with two attached hydrogens (primary N) is 1. The summed E-state index contributed by atoms with van der Waals surface area (Å²) in [4.78, 5) is 15.5. The number of guanidine groups is 1. The molecule has 1 aliphatic heterocycles. The van der Waals surface area contributed by atoms with E-state index in [1.807, 2.05) is 4.90 Å². The average Bonchev–Trinajstić information content (AvgIpc) is 2.52. The molecule has 1 aromatic heterocycles. The molecule has 1 aromatic rings. The van der Waals surface area contributed by atoms with Gasteiger partial charge in [0.25, 0.3) is 0 Å². The topological polar surface area (TPSA) is 90.9 Å². The normalized spacial score (nSPS) is 18.5. The first-order chi connectivity index (χ1) is 10.4. The Kier molecular flexibility index (Phi) is 5.01. The second-order valence-corrected chi connectivity index (χ2v) is 4.78. The van der Waals surface area contributed by atoms with Crippen molar-refractivity contribution in [3.05, 3.63) is 18.5 Å². The molecule has 3 N–H and O–H groups in total. The molecule has 2 rings (SSSR count). The van der Waals surface area contributed by atoms with Gasteiger partial charge in [-0.15, -0.1) is 0 Å². The molecule has 0 spiro atoms. The Balaban J connectivity index is 1.86. The third-order valence-corrected chi connectivity index (χ3v) is 3.24. The first-order valence-corrected chi connectivity index (χ1v) is 6.69. The summed E-state index contributed by atoms with van der Waals surface area (Å²) in [5, 5.41) is 8.89. The fourth-order valence-corrected chi connectivity index (χ4v) is 1.97. The van der Waals surface area contributed by atoms with Crippen LogP contribution in [0.15, 0.2) is 23.5 Å². The van der Waals surface area contributed by atoms with Crippen molar-refractivity contribution < 1.29 is 18.3 Å². The molecule has 0 aromatic carbocycles. The number of halogens is 3. The van der Waals surface area contributed by atoms with E-state index in [2.05, 4.69) is 15.0 Å². The number of rotatable bonds is 3. The lowest BCUT2D eigenvalue weighted by molar-refractivity contribution is -0.199. The van der Waals surface area contributed by atoms with Crippen LogP contribution >= 0.6 is 0 Å². The molecule has 0 radical (unpaired) electrons. The fraction of sp³-hybridized carbons (Fsp3) is 0.583. The minimum absolute atomic E-state index is 0.00284. The van der Waals surface area contributed by atoms with Crippen LogP contribution in [0.3, 0.4) is 0 Å². The summed E-state index contributed by atoms with van der Waals surface area (Å²) in [5.41, 5.74) is 5.67. The molecule has 10 heteroatoms. The summed E-state index contributed by atoms with van der Waals surface area (Å²) >= 11 is 0. The summed E-state index contributed by atoms with van der Waals surface area (Å²) in [7, 11) is 0. The molecule has 122 valence electrons. The maximum Gasteiger partial charge on any atom is 0.416 e. The van der Waals surface area contributed by atoms with Crippen LogP contribution in [0, 0.1) is 0 Å². The summed E-state index contributed by atoms with van der Waals surface area (Å²) in [6.45, 7) is 1.37. The van der Waals surface area contributed by atoms with Crippen LogP contribution in [0.1, 0.15) is 0 Å². The number of hydrogen-bond donors (Lipinski definition) is 2. The Hall–Kier alpha value is -2.10. The van der Waals surface area contributed by atoms with E-state index in [0.717, 1.165) is 0 Å². The van der Waals surface area contributed by atoms with Crippen molar-refractivity contribution >= 4 is 11.9 Å². The van der Waals surface area contributed by atoms with Gasteiger partial charge in [0, 0.05) is 38.6 Å². The monoisotopic (exact) mass is 318 g/mol. The standard InChI is InChI=1S/C12H17F3N6O/c13-12(14,15)9(22)8-19-10(16)20-4-6-21(7-5-20)11-17-2-1-3-18-11/h1-3,9,22H,4-8H2,(H2,16,19). The van der Waals surface area contributed by atoms with Crippen molar-refractivity contribution in [1.82, 2.24) is 14.9 Å². The predicted octanol–water partition coefficient (Wildman–Crippen LogP) is -0.164. The third kappa shape index (κ3) is 4.20. The van der Waals surface area contributed by atoms with Crippen LogP contribution in [0.5, 0.6) is 0 Å². The highest BCUT2D eigenvalue weighted by Crippen LogP contribution is 2.20. The predicted molar refractivity (Wildman–Crippen MR) is 74.4 cm³/mol. The van der Waals surface area contributed by atoms with Crippen LogP contribution in [-0.4, -0.2) is 70.9 Å². The average molecular weight is 318 g/mol. The molecule has 0 bridgehead atoms. The summed E-state index contributed by atoms with van der Waals surface area (Å²) in [6, 6.07) is 1.72. The zero-order valence-corrected chi connectivity index (χ0v) is 11.7. The van der Waals surface area contributed by atoms with Crippen molar-refractivity contribution in [3.63, 3.8) is 0 Å². The van der Waals surface area contributed by atoms with Crippen molar-refractivity contribution in [3.8, 4) is 0 Å². The number of aromatic nitrogens is 2. The summed E-state index contributed by atoms with van der Waals surface area (Å²) < 4.78 is 36.6. The number of alkyl halides is 3. The van der Waals surface area contributed by atoms with E-state index < -0.39 is 18.8 Å². The molecule has 0 amide bonds. The molecule has 1 atom stereocenters. The maximum absolute atomic E-state index is 12.2. The molecule has 1 aliphatic rings. The number of piperazine rings is 1. The van der Waals surface area contributed by atoms with Crippen LogP contribution in [0.25, 0.3) is 0 Å². The van der Waals surface area contributed by atoms with E-state index in [-0.39, 0.29) is 5.96 Å². The molecule has 22 heavy (non-hydrogen) atoms. The molecule has 1 saturated heterocycles. The summed E-state index contributed by atoms with van der Waals surface area (Å²) in [5.74, 6) is 0.599. The number of aliphatic hydroxyl groups is 1. The lowest BCUT2D eigenvalue weighted by atomic mass is 10.3. The van der Waals surface area contributed by atoms with Crippen molar-refractivity contribution in [1.29, 1.82) is 0 Å². The quantitative estimate of drug-likeness (QED) is 0.594. The van der Waals surface area contributed by atoms with E-state index in [1.165, 1.54) is 0 Å². The second kappa shape index (κ2) is 6.77. The zero-order chi connectivity index (χ0) is 16.2. The molecule has 0 aliphatic carbocycles. The zero-order valence-electron chi connectivity index (χ0n) is 11.7. The number of anilines is 1. The highest BCUT2D eigenvalue weighted by Gasteiger charge is 2.38. The van der Waals surface area contributed by atoms with Crippen molar-refractivity contribution in [2.75, 3.05) is 37.6 Å². The third-order valence-electron chi connectivity index (χ3n) is 3.24. The van der Waals surface area contributed by atoms with Gasteiger partial charge in [-0.05, 0) is 6.07 Å². The first-order valence-electron chi connectivity index (χ1n) is 6.69. The Bertz CT molecular complexity index is 501. The fourth-order valence-electron chi connectivity index (χ4n) is 1.97. The van der Waals surface area contributed by atoms with E-state index >= 15 is 0 Å². The number of nitrogens with zero attached hydrogens (tertiary/aromatic N) is 5. The largest absolute Gasteiger partial charge is 0.416 e. The minimum Gasteiger partial charge on any atom is -0.382 e. The van der Waals surface area contributed by atoms with E-state index in [0.29, 0.717) is 32.1 Å². The van der Waals surface area contributed by atoms with Gasteiger partial charge in [0.15, 0.2) is 12.1 Å². The minimum atomic E-state index is -4.69. The number of hydrogen-bond acceptors (Lipinski definition) is 5. The molecule has 7 nitrogen and oxygen atoms in total. The SMILES string of the molecule is NC(=NCC(O)C(F)(F)F)N1CCN(c2ncccn2)CC1. The van der Waals surface area contributed by atoms with Crippen LogP contribution in [-0.2, 0) is 0 Å². The van der Waals surface area contributed by atoms with Crippen LogP contribution in [0.2, 0.25) is 0 Å². The molecule has 0 saturated carbocycles.